The van der Waals surface area contributed by atoms with Crippen LogP contribution >= 0.6 is 0 Å². The molecule has 0 saturated carbocycles. The van der Waals surface area contributed by atoms with Crippen molar-refractivity contribution in [2.24, 2.45) is 0 Å². The van der Waals surface area contributed by atoms with Gasteiger partial charge in [-0.25, -0.2) is 0 Å². The summed E-state index contributed by atoms with van der Waals surface area (Å²) in [5.41, 5.74) is 1.81. The van der Waals surface area contributed by atoms with Crippen LogP contribution in [0.25, 0.3) is 0 Å². The van der Waals surface area contributed by atoms with Crippen molar-refractivity contribution in [3.05, 3.63) is 29.3 Å². The van der Waals surface area contributed by atoms with E-state index in [2.05, 4.69) is 13.8 Å². The van der Waals surface area contributed by atoms with Gasteiger partial charge in [0.25, 0.3) is 0 Å². The Morgan fingerprint density at radius 2 is 2.14 bits per heavy atom. The highest BCUT2D eigenvalue weighted by Crippen LogP contribution is 2.20. The van der Waals surface area contributed by atoms with Crippen LogP contribution in [0, 0.1) is 0 Å². The van der Waals surface area contributed by atoms with Gasteiger partial charge in [0, 0.05) is 5.56 Å². The van der Waals surface area contributed by atoms with Gasteiger partial charge in [0.05, 0.1) is 6.61 Å². The van der Waals surface area contributed by atoms with Gasteiger partial charge in [0.1, 0.15) is 12.0 Å². The van der Waals surface area contributed by atoms with E-state index in [1.807, 2.05) is 12.1 Å². The van der Waals surface area contributed by atoms with Crippen molar-refractivity contribution in [1.82, 2.24) is 0 Å². The van der Waals surface area contributed by atoms with Crippen molar-refractivity contribution >= 4 is 6.29 Å². The lowest BCUT2D eigenvalue weighted by molar-refractivity contribution is 0.112. The molecule has 1 aromatic rings. The Labute approximate surface area is 84.9 Å². The van der Waals surface area contributed by atoms with Crippen LogP contribution in [0.2, 0.25) is 0 Å². The van der Waals surface area contributed by atoms with E-state index in [0.29, 0.717) is 5.56 Å². The summed E-state index contributed by atoms with van der Waals surface area (Å²) in [5, 5.41) is 0. The highest BCUT2D eigenvalue weighted by atomic mass is 16.5. The molecule has 0 radical (unpaired) electrons. The summed E-state index contributed by atoms with van der Waals surface area (Å²) < 4.78 is 5.56. The lowest BCUT2D eigenvalue weighted by atomic mass is 10.1. The smallest absolute Gasteiger partial charge is 0.150 e. The van der Waals surface area contributed by atoms with E-state index < -0.39 is 0 Å². The van der Waals surface area contributed by atoms with Crippen LogP contribution in [-0.2, 0) is 6.42 Å². The van der Waals surface area contributed by atoms with Gasteiger partial charge in [0.2, 0.25) is 0 Å². The van der Waals surface area contributed by atoms with E-state index in [9.17, 15) is 4.79 Å². The van der Waals surface area contributed by atoms with Crippen LogP contribution in [0.3, 0.4) is 0 Å². The molecule has 1 rings (SSSR count). The number of aldehydes is 1. The molecular formula is C12H16O2. The molecular weight excluding hydrogens is 176 g/mol. The Hall–Kier alpha value is -1.31. The summed E-state index contributed by atoms with van der Waals surface area (Å²) in [6.07, 6.45) is 2.75. The SMILES string of the molecule is CCCOc1ccc(C=O)cc1CC. The van der Waals surface area contributed by atoms with Crippen molar-refractivity contribution in [3.63, 3.8) is 0 Å². The lowest BCUT2D eigenvalue weighted by Crippen LogP contribution is -1.99. The lowest BCUT2D eigenvalue weighted by Gasteiger charge is -2.09. The standard InChI is InChI=1S/C12H16O2/c1-3-7-14-12-6-5-10(9-13)8-11(12)4-2/h5-6,8-9H,3-4,7H2,1-2H3. The molecule has 0 aliphatic rings. The van der Waals surface area contributed by atoms with E-state index in [0.717, 1.165) is 37.0 Å². The van der Waals surface area contributed by atoms with Crippen molar-refractivity contribution in [3.8, 4) is 5.75 Å². The Morgan fingerprint density at radius 3 is 2.71 bits per heavy atom. The van der Waals surface area contributed by atoms with Crippen LogP contribution in [0.4, 0.5) is 0 Å². The molecule has 0 unspecified atom stereocenters. The molecule has 0 atom stereocenters. The van der Waals surface area contributed by atoms with Crippen LogP contribution in [0.15, 0.2) is 18.2 Å². The summed E-state index contributed by atoms with van der Waals surface area (Å²) in [6.45, 7) is 4.86. The van der Waals surface area contributed by atoms with Gasteiger partial charge in [-0.1, -0.05) is 13.8 Å². The largest absolute Gasteiger partial charge is 0.493 e. The molecule has 0 amide bonds. The zero-order chi connectivity index (χ0) is 10.4. The predicted molar refractivity (Wildman–Crippen MR) is 57.0 cm³/mol. The average Bonchev–Trinajstić information content (AvgIpc) is 2.26. The molecule has 2 heteroatoms. The molecule has 0 aromatic heterocycles. The second-order valence-electron chi connectivity index (χ2n) is 3.19. The number of rotatable bonds is 5. The minimum absolute atomic E-state index is 0.714. The van der Waals surface area contributed by atoms with Gasteiger partial charge >= 0.3 is 0 Å². The quantitative estimate of drug-likeness (QED) is 0.670. The maximum Gasteiger partial charge on any atom is 0.150 e. The van der Waals surface area contributed by atoms with Crippen molar-refractivity contribution in [2.45, 2.75) is 26.7 Å². The molecule has 76 valence electrons. The van der Waals surface area contributed by atoms with Gasteiger partial charge < -0.3 is 4.74 Å². The summed E-state index contributed by atoms with van der Waals surface area (Å²) in [6, 6.07) is 5.55. The summed E-state index contributed by atoms with van der Waals surface area (Å²) >= 11 is 0. The first-order chi connectivity index (χ1) is 6.81. The second-order valence-corrected chi connectivity index (χ2v) is 3.19. The molecule has 1 aromatic carbocycles. The number of carbonyl (C=O) groups is 1. The Morgan fingerprint density at radius 1 is 1.36 bits per heavy atom. The van der Waals surface area contributed by atoms with Crippen molar-refractivity contribution < 1.29 is 9.53 Å². The van der Waals surface area contributed by atoms with Gasteiger partial charge in [-0.05, 0) is 36.6 Å². The van der Waals surface area contributed by atoms with Gasteiger partial charge in [0.15, 0.2) is 0 Å². The molecule has 0 saturated heterocycles. The normalized spacial score (nSPS) is 9.86. The van der Waals surface area contributed by atoms with Crippen molar-refractivity contribution in [1.29, 1.82) is 0 Å². The number of carbonyl (C=O) groups excluding carboxylic acids is 1. The molecule has 0 heterocycles. The minimum Gasteiger partial charge on any atom is -0.493 e. The van der Waals surface area contributed by atoms with Gasteiger partial charge in [-0.3, -0.25) is 4.79 Å². The van der Waals surface area contributed by atoms with Crippen LogP contribution < -0.4 is 4.74 Å². The first kappa shape index (κ1) is 10.8. The zero-order valence-electron chi connectivity index (χ0n) is 8.75. The third kappa shape index (κ3) is 2.59. The Balaban J connectivity index is 2.87. The van der Waals surface area contributed by atoms with E-state index in [-0.39, 0.29) is 0 Å². The number of benzene rings is 1. The maximum atomic E-state index is 10.6. The summed E-state index contributed by atoms with van der Waals surface area (Å²) in [7, 11) is 0. The van der Waals surface area contributed by atoms with Crippen LogP contribution in [0.1, 0.15) is 36.2 Å². The molecule has 0 fully saturated rings. The first-order valence-corrected chi connectivity index (χ1v) is 5.02. The number of ether oxygens (including phenoxy) is 1. The molecule has 0 aliphatic carbocycles. The van der Waals surface area contributed by atoms with E-state index in [1.54, 1.807) is 6.07 Å². The van der Waals surface area contributed by atoms with E-state index >= 15 is 0 Å². The topological polar surface area (TPSA) is 26.3 Å². The highest BCUT2D eigenvalue weighted by molar-refractivity contribution is 5.75. The van der Waals surface area contributed by atoms with Crippen LogP contribution in [0.5, 0.6) is 5.75 Å². The van der Waals surface area contributed by atoms with Crippen LogP contribution in [-0.4, -0.2) is 12.9 Å². The maximum absolute atomic E-state index is 10.6. The number of hydrogen-bond acceptors (Lipinski definition) is 2. The third-order valence-corrected chi connectivity index (χ3v) is 2.06. The fourth-order valence-corrected chi connectivity index (χ4v) is 1.30. The first-order valence-electron chi connectivity index (χ1n) is 5.02. The summed E-state index contributed by atoms with van der Waals surface area (Å²) in [4.78, 5) is 10.6. The number of aryl methyl sites for hydroxylation is 1. The highest BCUT2D eigenvalue weighted by Gasteiger charge is 2.02. The second kappa shape index (κ2) is 5.43. The molecule has 0 aliphatic heterocycles. The monoisotopic (exact) mass is 192 g/mol. The van der Waals surface area contributed by atoms with E-state index in [1.165, 1.54) is 0 Å². The van der Waals surface area contributed by atoms with E-state index in [4.69, 9.17) is 4.74 Å². The fraction of sp³-hybridized carbons (Fsp3) is 0.417. The fourth-order valence-electron chi connectivity index (χ4n) is 1.30. The third-order valence-electron chi connectivity index (χ3n) is 2.06. The molecule has 0 spiro atoms. The molecule has 0 N–H and O–H groups in total. The zero-order valence-corrected chi connectivity index (χ0v) is 8.75. The molecule has 14 heavy (non-hydrogen) atoms. The Kier molecular flexibility index (Phi) is 4.17. The Bertz CT molecular complexity index is 305. The summed E-state index contributed by atoms with van der Waals surface area (Å²) in [5.74, 6) is 0.903. The predicted octanol–water partition coefficient (Wildman–Crippen LogP) is 2.85. The van der Waals surface area contributed by atoms with Gasteiger partial charge in [-0.2, -0.15) is 0 Å². The molecule has 0 bridgehead atoms. The molecule has 2 nitrogen and oxygen atoms in total. The van der Waals surface area contributed by atoms with Gasteiger partial charge in [-0.15, -0.1) is 0 Å². The average molecular weight is 192 g/mol. The number of hydrogen-bond donors (Lipinski definition) is 0. The minimum atomic E-state index is 0.714. The van der Waals surface area contributed by atoms with Crippen molar-refractivity contribution in [2.75, 3.05) is 6.61 Å².